The summed E-state index contributed by atoms with van der Waals surface area (Å²) in [6, 6.07) is 0.204. The van der Waals surface area contributed by atoms with Crippen LogP contribution in [0.15, 0.2) is 34.5 Å². The molecule has 0 heterocycles. The van der Waals surface area contributed by atoms with E-state index in [1.807, 2.05) is 12.2 Å². The second-order valence-electron chi connectivity index (χ2n) is 4.98. The number of rotatable bonds is 9. The highest BCUT2D eigenvalue weighted by molar-refractivity contribution is 5.20. The van der Waals surface area contributed by atoms with E-state index in [2.05, 4.69) is 36.2 Å². The van der Waals surface area contributed by atoms with Crippen LogP contribution in [0.4, 0.5) is 0 Å². The SMILES string of the molecule is CCCCCCC(C)CCN=NC1C=CC=C1. The number of nitrogens with zero attached hydrogens (tertiary/aromatic N) is 2. The molecule has 1 unspecified atom stereocenters. The Morgan fingerprint density at radius 2 is 1.82 bits per heavy atom. The fraction of sp³-hybridized carbons (Fsp3) is 0.733. The van der Waals surface area contributed by atoms with Gasteiger partial charge >= 0.3 is 0 Å². The molecule has 0 saturated heterocycles. The van der Waals surface area contributed by atoms with E-state index in [4.69, 9.17) is 0 Å². The normalized spacial score (nSPS) is 17.3. The lowest BCUT2D eigenvalue weighted by molar-refractivity contribution is 0.462. The summed E-state index contributed by atoms with van der Waals surface area (Å²) in [4.78, 5) is 0. The van der Waals surface area contributed by atoms with Crippen molar-refractivity contribution in [3.63, 3.8) is 0 Å². The van der Waals surface area contributed by atoms with E-state index in [0.29, 0.717) is 0 Å². The first-order chi connectivity index (χ1) is 8.33. The highest BCUT2D eigenvalue weighted by Gasteiger charge is 2.02. The molecule has 0 N–H and O–H groups in total. The molecule has 0 saturated carbocycles. The summed E-state index contributed by atoms with van der Waals surface area (Å²) in [6.45, 7) is 5.47. The van der Waals surface area contributed by atoms with Crippen molar-refractivity contribution in [2.24, 2.45) is 16.1 Å². The Morgan fingerprint density at radius 1 is 1.06 bits per heavy atom. The van der Waals surface area contributed by atoms with E-state index in [-0.39, 0.29) is 6.04 Å². The van der Waals surface area contributed by atoms with E-state index in [1.54, 1.807) is 0 Å². The molecule has 1 rings (SSSR count). The van der Waals surface area contributed by atoms with Crippen LogP contribution >= 0.6 is 0 Å². The molecular formula is C15H26N2. The zero-order valence-electron chi connectivity index (χ0n) is 11.3. The van der Waals surface area contributed by atoms with Crippen molar-refractivity contribution < 1.29 is 0 Å². The summed E-state index contributed by atoms with van der Waals surface area (Å²) < 4.78 is 0. The van der Waals surface area contributed by atoms with Crippen LogP contribution in [0.3, 0.4) is 0 Å². The molecule has 0 aromatic rings. The molecule has 1 aliphatic rings. The van der Waals surface area contributed by atoms with Crippen LogP contribution in [-0.4, -0.2) is 12.6 Å². The Hall–Kier alpha value is -0.920. The van der Waals surface area contributed by atoms with Crippen molar-refractivity contribution in [3.05, 3.63) is 24.3 Å². The molecule has 17 heavy (non-hydrogen) atoms. The smallest absolute Gasteiger partial charge is 0.108 e. The largest absolute Gasteiger partial charge is 0.193 e. The van der Waals surface area contributed by atoms with Gasteiger partial charge in [0.1, 0.15) is 6.04 Å². The minimum atomic E-state index is 0.204. The van der Waals surface area contributed by atoms with Gasteiger partial charge in [-0.25, -0.2) is 0 Å². The van der Waals surface area contributed by atoms with Gasteiger partial charge in [-0.05, 0) is 12.3 Å². The Labute approximate surface area is 106 Å². The van der Waals surface area contributed by atoms with Crippen LogP contribution < -0.4 is 0 Å². The van der Waals surface area contributed by atoms with Crippen molar-refractivity contribution in [2.45, 2.75) is 58.4 Å². The van der Waals surface area contributed by atoms with Crippen molar-refractivity contribution in [1.29, 1.82) is 0 Å². The van der Waals surface area contributed by atoms with Crippen LogP contribution in [0.25, 0.3) is 0 Å². The lowest BCUT2D eigenvalue weighted by atomic mass is 10.00. The van der Waals surface area contributed by atoms with Gasteiger partial charge in [0.2, 0.25) is 0 Å². The predicted octanol–water partition coefficient (Wildman–Crippen LogP) is 4.93. The third-order valence-electron chi connectivity index (χ3n) is 3.22. The number of unbranched alkanes of at least 4 members (excludes halogenated alkanes) is 3. The summed E-state index contributed by atoms with van der Waals surface area (Å²) in [5.41, 5.74) is 0. The number of hydrogen-bond acceptors (Lipinski definition) is 2. The summed E-state index contributed by atoms with van der Waals surface area (Å²) in [5.74, 6) is 0.792. The van der Waals surface area contributed by atoms with Crippen LogP contribution in [-0.2, 0) is 0 Å². The van der Waals surface area contributed by atoms with Gasteiger partial charge in [0.15, 0.2) is 0 Å². The lowest BCUT2D eigenvalue weighted by Gasteiger charge is -2.08. The summed E-state index contributed by atoms with van der Waals surface area (Å²) in [7, 11) is 0. The first-order valence-corrected chi connectivity index (χ1v) is 7.04. The standard InChI is InChI=1S/C15H26N2/c1-3-4-5-6-9-14(2)12-13-16-17-15-10-7-8-11-15/h7-8,10-11,14-15H,3-6,9,12-13H2,1-2H3. The fourth-order valence-corrected chi connectivity index (χ4v) is 1.99. The van der Waals surface area contributed by atoms with E-state index in [1.165, 1.54) is 38.5 Å². The second kappa shape index (κ2) is 9.15. The molecule has 0 spiro atoms. The third kappa shape index (κ3) is 7.09. The van der Waals surface area contributed by atoms with Gasteiger partial charge < -0.3 is 0 Å². The maximum absolute atomic E-state index is 4.26. The zero-order chi connectivity index (χ0) is 12.3. The van der Waals surface area contributed by atoms with Crippen molar-refractivity contribution in [3.8, 4) is 0 Å². The second-order valence-corrected chi connectivity index (χ2v) is 4.98. The lowest BCUT2D eigenvalue weighted by Crippen LogP contribution is -1.98. The Kier molecular flexibility index (Phi) is 7.61. The van der Waals surface area contributed by atoms with Crippen molar-refractivity contribution in [1.82, 2.24) is 0 Å². The van der Waals surface area contributed by atoms with Crippen LogP contribution in [0.1, 0.15) is 52.4 Å². The van der Waals surface area contributed by atoms with E-state index >= 15 is 0 Å². The number of allylic oxidation sites excluding steroid dienone is 2. The van der Waals surface area contributed by atoms with Gasteiger partial charge in [0.25, 0.3) is 0 Å². The molecule has 2 nitrogen and oxygen atoms in total. The average molecular weight is 234 g/mol. The number of azo groups is 1. The molecule has 1 atom stereocenters. The van der Waals surface area contributed by atoms with Crippen molar-refractivity contribution in [2.75, 3.05) is 6.54 Å². The quantitative estimate of drug-likeness (QED) is 0.399. The molecule has 0 fully saturated rings. The Morgan fingerprint density at radius 3 is 2.53 bits per heavy atom. The maximum Gasteiger partial charge on any atom is 0.108 e. The summed E-state index contributed by atoms with van der Waals surface area (Å²) >= 11 is 0. The minimum absolute atomic E-state index is 0.204. The average Bonchev–Trinajstić information content (AvgIpc) is 2.83. The van der Waals surface area contributed by atoms with Crippen LogP contribution in [0.2, 0.25) is 0 Å². The van der Waals surface area contributed by atoms with Crippen molar-refractivity contribution >= 4 is 0 Å². The van der Waals surface area contributed by atoms with E-state index in [0.717, 1.165) is 12.5 Å². The molecular weight excluding hydrogens is 208 g/mol. The molecule has 0 aromatic carbocycles. The predicted molar refractivity (Wildman–Crippen MR) is 74.3 cm³/mol. The molecule has 0 aliphatic heterocycles. The number of hydrogen-bond donors (Lipinski definition) is 0. The van der Waals surface area contributed by atoms with Crippen LogP contribution in [0.5, 0.6) is 0 Å². The zero-order valence-corrected chi connectivity index (χ0v) is 11.3. The Balaban J connectivity index is 1.97. The molecule has 2 heteroatoms. The Bertz CT molecular complexity index is 254. The van der Waals surface area contributed by atoms with Crippen LogP contribution in [0, 0.1) is 5.92 Å². The van der Waals surface area contributed by atoms with Gasteiger partial charge in [-0.1, -0.05) is 70.3 Å². The van der Waals surface area contributed by atoms with E-state index < -0.39 is 0 Å². The highest BCUT2D eigenvalue weighted by Crippen LogP contribution is 2.14. The molecule has 96 valence electrons. The summed E-state index contributed by atoms with van der Waals surface area (Å²) in [5, 5.41) is 8.52. The van der Waals surface area contributed by atoms with Gasteiger partial charge in [0, 0.05) is 0 Å². The van der Waals surface area contributed by atoms with Gasteiger partial charge in [0.05, 0.1) is 6.54 Å². The molecule has 0 aromatic heterocycles. The van der Waals surface area contributed by atoms with Gasteiger partial charge in [-0.3, -0.25) is 0 Å². The van der Waals surface area contributed by atoms with Gasteiger partial charge in [-0.15, -0.1) is 0 Å². The molecule has 0 bridgehead atoms. The first-order valence-electron chi connectivity index (χ1n) is 7.04. The maximum atomic E-state index is 4.26. The third-order valence-corrected chi connectivity index (χ3v) is 3.22. The fourth-order valence-electron chi connectivity index (χ4n) is 1.99. The van der Waals surface area contributed by atoms with Gasteiger partial charge in [-0.2, -0.15) is 10.2 Å². The molecule has 0 amide bonds. The monoisotopic (exact) mass is 234 g/mol. The first kappa shape index (κ1) is 14.1. The molecule has 0 radical (unpaired) electrons. The molecule has 1 aliphatic carbocycles. The highest BCUT2D eigenvalue weighted by atomic mass is 15.1. The topological polar surface area (TPSA) is 24.7 Å². The summed E-state index contributed by atoms with van der Waals surface area (Å²) in [6.07, 6.45) is 16.2. The van der Waals surface area contributed by atoms with E-state index in [9.17, 15) is 0 Å². The minimum Gasteiger partial charge on any atom is -0.193 e.